The number of anilines is 3. The fourth-order valence-electron chi connectivity index (χ4n) is 4.71. The molecular weight excluding hydrogens is 480 g/mol. The van der Waals surface area contributed by atoms with Gasteiger partial charge >= 0.3 is 0 Å². The maximum absolute atomic E-state index is 13.0. The summed E-state index contributed by atoms with van der Waals surface area (Å²) in [5.41, 5.74) is 3.10. The molecule has 2 aromatic carbocycles. The van der Waals surface area contributed by atoms with Crippen LogP contribution in [0.25, 0.3) is 0 Å². The summed E-state index contributed by atoms with van der Waals surface area (Å²) in [5, 5.41) is 10.7. The summed E-state index contributed by atoms with van der Waals surface area (Å²) in [5.74, 6) is 0.917. The number of piperazine rings is 1. The molecular formula is C26H29ClN6O3. The van der Waals surface area contributed by atoms with Crippen molar-refractivity contribution in [2.75, 3.05) is 61.5 Å². The van der Waals surface area contributed by atoms with Gasteiger partial charge in [0.25, 0.3) is 5.91 Å². The molecule has 5 rings (SSSR count). The third kappa shape index (κ3) is 5.17. The lowest BCUT2D eigenvalue weighted by molar-refractivity contribution is -0.116. The predicted octanol–water partition coefficient (Wildman–Crippen LogP) is 3.43. The molecule has 9 nitrogen and oxygen atoms in total. The highest BCUT2D eigenvalue weighted by Gasteiger charge is 2.30. The number of halogens is 1. The summed E-state index contributed by atoms with van der Waals surface area (Å²) < 4.78 is 5.20. The number of rotatable bonds is 7. The van der Waals surface area contributed by atoms with Gasteiger partial charge in [0, 0.05) is 67.7 Å². The number of aromatic nitrogens is 2. The minimum absolute atomic E-state index is 0.105. The van der Waals surface area contributed by atoms with Crippen LogP contribution in [0.5, 0.6) is 5.75 Å². The molecule has 1 aromatic heterocycles. The van der Waals surface area contributed by atoms with E-state index in [2.05, 4.69) is 31.4 Å². The van der Waals surface area contributed by atoms with Gasteiger partial charge in [0.2, 0.25) is 5.91 Å². The van der Waals surface area contributed by atoms with Crippen molar-refractivity contribution < 1.29 is 14.3 Å². The van der Waals surface area contributed by atoms with Crippen LogP contribution in [0, 0.1) is 0 Å². The maximum Gasteiger partial charge on any atom is 0.276 e. The minimum atomic E-state index is -0.160. The third-order valence-electron chi connectivity index (χ3n) is 6.75. The van der Waals surface area contributed by atoms with Gasteiger partial charge in [-0.1, -0.05) is 17.7 Å². The van der Waals surface area contributed by atoms with Gasteiger partial charge in [-0.2, -0.15) is 5.10 Å². The highest BCUT2D eigenvalue weighted by atomic mass is 35.5. The van der Waals surface area contributed by atoms with Crippen molar-refractivity contribution in [1.29, 1.82) is 0 Å². The van der Waals surface area contributed by atoms with E-state index >= 15 is 0 Å². The monoisotopic (exact) mass is 508 g/mol. The number of carbonyl (C=O) groups excluding carboxylic acids is 2. The Morgan fingerprint density at radius 1 is 1.08 bits per heavy atom. The molecule has 3 aromatic rings. The molecule has 36 heavy (non-hydrogen) atoms. The fourth-order valence-corrected chi connectivity index (χ4v) is 4.90. The van der Waals surface area contributed by atoms with Gasteiger partial charge in [-0.15, -0.1) is 0 Å². The van der Waals surface area contributed by atoms with Crippen LogP contribution in [0.1, 0.15) is 22.5 Å². The van der Waals surface area contributed by atoms with Crippen LogP contribution in [0.3, 0.4) is 0 Å². The van der Waals surface area contributed by atoms with Crippen molar-refractivity contribution in [2.45, 2.75) is 12.8 Å². The summed E-state index contributed by atoms with van der Waals surface area (Å²) >= 11 is 6.12. The fraction of sp³-hybridized carbons (Fsp3) is 0.346. The molecule has 2 N–H and O–H groups in total. The Hall–Kier alpha value is -3.56. The van der Waals surface area contributed by atoms with Crippen LogP contribution in [0.4, 0.5) is 17.2 Å². The van der Waals surface area contributed by atoms with Gasteiger partial charge in [-0.25, -0.2) is 0 Å². The van der Waals surface area contributed by atoms with E-state index in [4.69, 9.17) is 16.3 Å². The molecule has 0 radical (unpaired) electrons. The second-order valence-corrected chi connectivity index (χ2v) is 9.37. The number of ether oxygens (including phenoxy) is 1. The normalized spacial score (nSPS) is 16.1. The molecule has 0 bridgehead atoms. The van der Waals surface area contributed by atoms with Crippen LogP contribution in [0.2, 0.25) is 5.02 Å². The van der Waals surface area contributed by atoms with E-state index in [0.717, 1.165) is 53.9 Å². The lowest BCUT2D eigenvalue weighted by Crippen LogP contribution is -2.47. The van der Waals surface area contributed by atoms with E-state index in [-0.39, 0.29) is 11.8 Å². The van der Waals surface area contributed by atoms with Crippen molar-refractivity contribution in [3.63, 3.8) is 0 Å². The molecule has 0 spiro atoms. The van der Waals surface area contributed by atoms with E-state index in [1.165, 1.54) is 0 Å². The number of hydrogen-bond acceptors (Lipinski definition) is 6. The van der Waals surface area contributed by atoms with E-state index in [9.17, 15) is 9.59 Å². The summed E-state index contributed by atoms with van der Waals surface area (Å²) in [4.78, 5) is 32.0. The Bertz CT molecular complexity index is 1240. The lowest BCUT2D eigenvalue weighted by Gasteiger charge is -2.36. The van der Waals surface area contributed by atoms with E-state index in [1.807, 2.05) is 42.5 Å². The van der Waals surface area contributed by atoms with Crippen LogP contribution in [-0.2, 0) is 11.2 Å². The van der Waals surface area contributed by atoms with Gasteiger partial charge < -0.3 is 19.9 Å². The molecule has 3 heterocycles. The molecule has 0 aliphatic carbocycles. The molecule has 2 aliphatic rings. The number of amides is 2. The number of nitrogens with one attached hydrogen (secondary N) is 2. The second kappa shape index (κ2) is 10.6. The van der Waals surface area contributed by atoms with Crippen molar-refractivity contribution in [1.82, 2.24) is 15.1 Å². The third-order valence-corrected chi connectivity index (χ3v) is 6.99. The number of H-pyrrole nitrogens is 1. The average molecular weight is 509 g/mol. The molecule has 1 fully saturated rings. The number of fused-ring (bicyclic) bond motifs is 1. The van der Waals surface area contributed by atoms with E-state index in [0.29, 0.717) is 37.4 Å². The Kier molecular flexibility index (Phi) is 7.11. The molecule has 2 aliphatic heterocycles. The van der Waals surface area contributed by atoms with Crippen molar-refractivity contribution in [3.8, 4) is 5.75 Å². The van der Waals surface area contributed by atoms with E-state index in [1.54, 1.807) is 12.0 Å². The number of carbonyl (C=O) groups is 2. The smallest absolute Gasteiger partial charge is 0.276 e. The van der Waals surface area contributed by atoms with Gasteiger partial charge in [0.1, 0.15) is 11.4 Å². The number of hydrogen-bond donors (Lipinski definition) is 2. The zero-order chi connectivity index (χ0) is 25.1. The molecule has 0 unspecified atom stereocenters. The molecule has 10 heteroatoms. The van der Waals surface area contributed by atoms with Crippen molar-refractivity contribution >= 4 is 40.6 Å². The molecule has 1 saturated heterocycles. The Morgan fingerprint density at radius 3 is 2.58 bits per heavy atom. The lowest BCUT2D eigenvalue weighted by atomic mass is 10.1. The molecule has 2 amide bonds. The molecule has 0 atom stereocenters. The predicted molar refractivity (Wildman–Crippen MR) is 140 cm³/mol. The van der Waals surface area contributed by atoms with Crippen LogP contribution >= 0.6 is 11.6 Å². The number of aromatic amines is 1. The quantitative estimate of drug-likeness (QED) is 0.508. The zero-order valence-electron chi connectivity index (χ0n) is 20.2. The van der Waals surface area contributed by atoms with Crippen molar-refractivity contribution in [3.05, 3.63) is 64.8 Å². The van der Waals surface area contributed by atoms with Crippen LogP contribution in [-0.4, -0.2) is 73.3 Å². The summed E-state index contributed by atoms with van der Waals surface area (Å²) in [7, 11) is 1.61. The SMILES string of the molecule is COc1ccc(N2CCc3c(NC(=O)CCN4CCN(c5cccc(Cl)c5)CC4)n[nH]c3C2=O)cc1. The van der Waals surface area contributed by atoms with Crippen LogP contribution < -0.4 is 19.9 Å². The Balaban J connectivity index is 1.12. The number of nitrogens with zero attached hydrogens (tertiary/aromatic N) is 4. The topological polar surface area (TPSA) is 93.8 Å². The Labute approximate surface area is 215 Å². The number of methoxy groups -OCH3 is 1. The van der Waals surface area contributed by atoms with Crippen molar-refractivity contribution in [2.24, 2.45) is 0 Å². The first-order valence-corrected chi connectivity index (χ1v) is 12.5. The zero-order valence-corrected chi connectivity index (χ0v) is 20.9. The summed E-state index contributed by atoms with van der Waals surface area (Å²) in [6.07, 6.45) is 0.968. The largest absolute Gasteiger partial charge is 0.497 e. The average Bonchev–Trinajstić information content (AvgIpc) is 3.31. The van der Waals surface area contributed by atoms with Gasteiger partial charge in [-0.3, -0.25) is 19.6 Å². The first-order chi connectivity index (χ1) is 17.5. The van der Waals surface area contributed by atoms with Gasteiger partial charge in [0.05, 0.1) is 7.11 Å². The van der Waals surface area contributed by atoms with Gasteiger partial charge in [0.15, 0.2) is 5.82 Å². The first-order valence-electron chi connectivity index (χ1n) is 12.1. The van der Waals surface area contributed by atoms with E-state index < -0.39 is 0 Å². The van der Waals surface area contributed by atoms with Gasteiger partial charge in [-0.05, 0) is 48.9 Å². The summed E-state index contributed by atoms with van der Waals surface area (Å²) in [6.45, 7) is 4.73. The Morgan fingerprint density at radius 2 is 1.86 bits per heavy atom. The minimum Gasteiger partial charge on any atom is -0.497 e. The maximum atomic E-state index is 13.0. The first kappa shape index (κ1) is 24.1. The highest BCUT2D eigenvalue weighted by Crippen LogP contribution is 2.28. The number of benzene rings is 2. The molecule has 188 valence electrons. The highest BCUT2D eigenvalue weighted by molar-refractivity contribution is 6.30. The second-order valence-electron chi connectivity index (χ2n) is 8.94. The summed E-state index contributed by atoms with van der Waals surface area (Å²) in [6, 6.07) is 15.3. The standard InChI is InChI=1S/C26H29ClN6O3/c1-36-21-7-5-19(6-8-21)33-12-9-22-24(26(33)35)29-30-25(22)28-23(34)10-11-31-13-15-32(16-14-31)20-4-2-3-18(27)17-20/h2-8,17H,9-16H2,1H3,(H2,28,29,30,34). The molecule has 0 saturated carbocycles. The van der Waals surface area contributed by atoms with Crippen LogP contribution in [0.15, 0.2) is 48.5 Å².